The summed E-state index contributed by atoms with van der Waals surface area (Å²) in [6.45, 7) is 16.2. The first kappa shape index (κ1) is 63.9. The van der Waals surface area contributed by atoms with E-state index in [0.717, 1.165) is 51.4 Å². The van der Waals surface area contributed by atoms with E-state index in [1.807, 2.05) is 27.7 Å². The lowest BCUT2D eigenvalue weighted by Crippen LogP contribution is -2.66. The molecule has 0 bridgehead atoms. The zero-order valence-electron chi connectivity index (χ0n) is 50.8. The Morgan fingerprint density at radius 1 is 0.488 bits per heavy atom. The molecule has 458 valence electrons. The number of aliphatic hydroxyl groups excluding tert-OH is 2. The highest BCUT2D eigenvalue weighted by molar-refractivity contribution is 6.05. The monoisotopic (exact) mass is 1150 g/mol. The highest BCUT2D eigenvalue weighted by Crippen LogP contribution is 2.79. The fourth-order valence-electron chi connectivity index (χ4n) is 17.9. The van der Waals surface area contributed by atoms with Crippen LogP contribution in [0.4, 0.5) is 0 Å². The van der Waals surface area contributed by atoms with Crippen molar-refractivity contribution in [1.29, 1.82) is 0 Å². The van der Waals surface area contributed by atoms with Gasteiger partial charge in [0.2, 0.25) is 0 Å². The van der Waals surface area contributed by atoms with E-state index < -0.39 is 153 Å². The van der Waals surface area contributed by atoms with Crippen molar-refractivity contribution in [3.05, 3.63) is 46.6 Å². The minimum atomic E-state index is -1.97. The predicted molar refractivity (Wildman–Crippen MR) is 305 cm³/mol. The molecule has 0 saturated heterocycles. The molecule has 0 radical (unpaired) electrons. The van der Waals surface area contributed by atoms with Crippen LogP contribution < -0.4 is 0 Å². The molecule has 16 nitrogen and oxygen atoms in total. The molecule has 82 heavy (non-hydrogen) atoms. The van der Waals surface area contributed by atoms with Crippen LogP contribution in [-0.2, 0) is 47.7 Å². The van der Waals surface area contributed by atoms with Crippen molar-refractivity contribution in [3.63, 3.8) is 0 Å². The first-order valence-electron chi connectivity index (χ1n) is 31.3. The van der Waals surface area contributed by atoms with E-state index in [1.165, 1.54) is 65.2 Å². The molecule has 16 heteroatoms. The molecule has 8 aliphatic carbocycles. The van der Waals surface area contributed by atoms with E-state index in [9.17, 15) is 59.4 Å². The first-order chi connectivity index (χ1) is 38.5. The largest absolute Gasteiger partial charge is 0.458 e. The van der Waals surface area contributed by atoms with Crippen LogP contribution in [0.3, 0.4) is 0 Å². The number of aliphatic hydroxyl groups is 6. The smallest absolute Gasteiger partial charge is 0.306 e. The molecule has 8 rings (SSSR count). The number of hydrogen-bond acceptors (Lipinski definition) is 16. The van der Waals surface area contributed by atoms with Gasteiger partial charge in [-0.2, -0.15) is 0 Å². The molecule has 0 heterocycles. The zero-order chi connectivity index (χ0) is 60.2. The van der Waals surface area contributed by atoms with Crippen molar-refractivity contribution in [1.82, 2.24) is 0 Å². The topological polar surface area (TPSA) is 261 Å². The van der Waals surface area contributed by atoms with Crippen LogP contribution in [0, 0.1) is 58.2 Å². The number of carbonyl (C=O) groups is 6. The van der Waals surface area contributed by atoms with Gasteiger partial charge in [0.05, 0.1) is 24.4 Å². The molecule has 0 aromatic heterocycles. The molecule has 0 spiro atoms. The van der Waals surface area contributed by atoms with E-state index >= 15 is 0 Å². The van der Waals surface area contributed by atoms with E-state index in [1.54, 1.807) is 52.0 Å². The molecule has 0 aromatic rings. The second-order valence-corrected chi connectivity index (χ2v) is 27.7. The molecule has 0 aliphatic heterocycles. The summed E-state index contributed by atoms with van der Waals surface area (Å²) >= 11 is 0. The lowest BCUT2D eigenvalue weighted by atomic mass is 9.59. The van der Waals surface area contributed by atoms with E-state index in [2.05, 4.69) is 0 Å². The standard InChI is InChI=1S/C66H98O16/c1-39-31-49-61(75,55(39)73)35-45(37-67)33-47-53-59(7,8)65(53,81-43(5)69)57(41(3)63(47,49)77)79-51(71)29-27-25-23-21-19-17-15-13-11-12-14-16-18-20-22-24-26-28-30-52(72)80-58-42(4)64(78)48(54-60(9,10)66(54,58)82-44(6)70)34-46(38-68)36-62(76)50(64)32-40(2)56(62)74/h31-34,41-42,47-50,53-54,57-58,67-68,75-78H,11-30,35-38H2,1-10H3/t41-,42-,47+,48+,49-,50-,53-,54-,57-,58-,61-,62-,63-,64-,65-,66-/m1/s1. The number of hydrogen-bond donors (Lipinski definition) is 6. The van der Waals surface area contributed by atoms with Gasteiger partial charge in [-0.1, -0.05) is 169 Å². The van der Waals surface area contributed by atoms with Crippen LogP contribution in [-0.4, -0.2) is 125 Å². The summed E-state index contributed by atoms with van der Waals surface area (Å²) in [6, 6.07) is 0. The number of fused-ring (bicyclic) bond motifs is 10. The van der Waals surface area contributed by atoms with Gasteiger partial charge in [-0.3, -0.25) is 28.8 Å². The number of carbonyl (C=O) groups excluding carboxylic acids is 6. The highest BCUT2D eigenvalue weighted by Gasteiger charge is 2.89. The van der Waals surface area contributed by atoms with Gasteiger partial charge < -0.3 is 49.6 Å². The molecule has 6 N–H and O–H groups in total. The van der Waals surface area contributed by atoms with Gasteiger partial charge in [-0.25, -0.2) is 0 Å². The van der Waals surface area contributed by atoms with Gasteiger partial charge in [0.1, 0.15) is 23.4 Å². The van der Waals surface area contributed by atoms with Gasteiger partial charge in [-0.15, -0.1) is 0 Å². The van der Waals surface area contributed by atoms with Crippen molar-refractivity contribution < 1.29 is 78.4 Å². The molecular formula is C66H98O16. The number of unbranched alkanes of at least 4 members (excludes halogenated alkanes) is 17. The summed E-state index contributed by atoms with van der Waals surface area (Å²) < 4.78 is 24.8. The van der Waals surface area contributed by atoms with Gasteiger partial charge in [0, 0.05) is 97.7 Å². The molecule has 4 saturated carbocycles. The second-order valence-electron chi connectivity index (χ2n) is 27.7. The van der Waals surface area contributed by atoms with E-state index in [-0.39, 0.29) is 25.7 Å². The molecule has 8 aliphatic rings. The summed E-state index contributed by atoms with van der Waals surface area (Å²) in [5.74, 6) is -9.11. The lowest BCUT2D eigenvalue weighted by Gasteiger charge is -2.53. The summed E-state index contributed by atoms with van der Waals surface area (Å²) in [4.78, 5) is 79.6. The first-order valence-corrected chi connectivity index (χ1v) is 31.3. The van der Waals surface area contributed by atoms with Crippen LogP contribution in [0.15, 0.2) is 46.6 Å². The number of ketones is 2. The number of Topliss-reactive ketones (excluding diaryl/α,β-unsaturated/α-hetero) is 2. The van der Waals surface area contributed by atoms with E-state index in [4.69, 9.17) is 18.9 Å². The summed E-state index contributed by atoms with van der Waals surface area (Å²) in [7, 11) is 0. The van der Waals surface area contributed by atoms with Crippen LogP contribution in [0.2, 0.25) is 0 Å². The molecule has 0 unspecified atom stereocenters. The number of ether oxygens (including phenoxy) is 4. The number of esters is 4. The second kappa shape index (κ2) is 24.0. The SMILES string of the molecule is CC(=O)O[C@@]12[C@H](OC(=O)CCCCCCCCCCCCCCCCCCCCC(=O)O[C@@H]3[C@@H](C)[C@@]4(O)[C@@H](C=C(CO)C[C@]5(O)C(=O)C(C)=C[C@@H]45)[C@@H]4C(C)(C)[C@]34OC(C)=O)[C@@H](C)[C@@]3(O)[C@@H](C=C(CO)C[C@]4(O)C(=O)C(C)=C[C@@H]34)[C@@H]1C2(C)C. The third-order valence-electron chi connectivity index (χ3n) is 22.1. The van der Waals surface area contributed by atoms with Crippen molar-refractivity contribution >= 4 is 35.4 Å². The number of rotatable bonds is 27. The van der Waals surface area contributed by atoms with Crippen LogP contribution in [0.5, 0.6) is 0 Å². The van der Waals surface area contributed by atoms with Crippen molar-refractivity contribution in [2.75, 3.05) is 13.2 Å². The Bertz CT molecular complexity index is 2420. The average Bonchev–Trinajstić information content (AvgIpc) is 1.48. The Labute approximate surface area is 486 Å². The van der Waals surface area contributed by atoms with Crippen LogP contribution in [0.25, 0.3) is 0 Å². The third-order valence-corrected chi connectivity index (χ3v) is 22.1. The summed E-state index contributed by atoms with van der Waals surface area (Å²) in [5, 5.41) is 70.4. The van der Waals surface area contributed by atoms with Gasteiger partial charge in [-0.05, 0) is 49.0 Å². The van der Waals surface area contributed by atoms with Crippen molar-refractivity contribution in [2.24, 2.45) is 58.2 Å². The van der Waals surface area contributed by atoms with E-state index in [0.29, 0.717) is 35.1 Å². The maximum Gasteiger partial charge on any atom is 0.306 e. The van der Waals surface area contributed by atoms with Crippen molar-refractivity contribution in [2.45, 2.75) is 256 Å². The summed E-state index contributed by atoms with van der Waals surface area (Å²) in [6.07, 6.45) is 23.9. The molecule has 0 aromatic carbocycles. The Balaban J connectivity index is 0.680. The highest BCUT2D eigenvalue weighted by atomic mass is 16.6. The summed E-state index contributed by atoms with van der Waals surface area (Å²) in [5.41, 5.74) is -9.89. The quantitative estimate of drug-likeness (QED) is 0.0194. The Kier molecular flexibility index (Phi) is 18.7. The normalized spacial score (nSPS) is 38.8. The van der Waals surface area contributed by atoms with Crippen molar-refractivity contribution in [3.8, 4) is 0 Å². The Hall–Kier alpha value is -4.06. The zero-order valence-corrected chi connectivity index (χ0v) is 50.8. The molecule has 0 amide bonds. The van der Waals surface area contributed by atoms with Gasteiger partial charge in [0.25, 0.3) is 0 Å². The minimum Gasteiger partial charge on any atom is -0.458 e. The predicted octanol–water partition coefficient (Wildman–Crippen LogP) is 8.92. The maximum atomic E-state index is 13.6. The minimum absolute atomic E-state index is 0.138. The van der Waals surface area contributed by atoms with Crippen LogP contribution in [0.1, 0.15) is 210 Å². The third kappa shape index (κ3) is 10.6. The Morgan fingerprint density at radius 3 is 1.04 bits per heavy atom. The maximum absolute atomic E-state index is 13.6. The lowest BCUT2D eigenvalue weighted by molar-refractivity contribution is -0.228. The molecule has 16 atom stereocenters. The molecule has 4 fully saturated rings. The fourth-order valence-corrected chi connectivity index (χ4v) is 17.9. The molecular weight excluding hydrogens is 1050 g/mol. The van der Waals surface area contributed by atoms with Gasteiger partial charge >= 0.3 is 23.9 Å². The van der Waals surface area contributed by atoms with Crippen LogP contribution >= 0.6 is 0 Å². The fraction of sp³-hybridized carbons (Fsp3) is 0.788. The average molecular weight is 1150 g/mol. The van der Waals surface area contributed by atoms with Gasteiger partial charge in [0.15, 0.2) is 22.8 Å². The Morgan fingerprint density at radius 2 is 0.768 bits per heavy atom.